The first-order chi connectivity index (χ1) is 18.6. The second-order valence-corrected chi connectivity index (χ2v) is 12.8. The first-order valence-corrected chi connectivity index (χ1v) is 15.3. The number of rotatable bonds is 9. The zero-order valence-electron chi connectivity index (χ0n) is 22.2. The molecule has 0 saturated carbocycles. The van der Waals surface area contributed by atoms with Crippen LogP contribution in [0.25, 0.3) is 10.2 Å². The van der Waals surface area contributed by atoms with Gasteiger partial charge in [0.25, 0.3) is 0 Å². The number of para-hydroxylation sites is 1. The van der Waals surface area contributed by atoms with Crippen molar-refractivity contribution >= 4 is 66.1 Å². The highest BCUT2D eigenvalue weighted by atomic mass is 32.2. The van der Waals surface area contributed by atoms with E-state index < -0.39 is 9.84 Å². The molecule has 204 valence electrons. The first kappa shape index (κ1) is 26.9. The molecule has 39 heavy (non-hydrogen) atoms. The monoisotopic (exact) mass is 566 g/mol. The summed E-state index contributed by atoms with van der Waals surface area (Å²) in [5.41, 5.74) is 4.58. The number of likely N-dealkylation sites (N-methyl/N-ethyl adjacent to an activating group) is 1. The van der Waals surface area contributed by atoms with Crippen molar-refractivity contribution < 1.29 is 17.9 Å². The van der Waals surface area contributed by atoms with Crippen molar-refractivity contribution in [1.82, 2.24) is 14.9 Å². The molecule has 0 fully saturated rings. The Labute approximate surface area is 231 Å². The predicted octanol–water partition coefficient (Wildman–Crippen LogP) is 4.18. The van der Waals surface area contributed by atoms with Gasteiger partial charge in [-0.3, -0.25) is 4.79 Å². The Bertz CT molecular complexity index is 1650. The molecule has 0 atom stereocenters. The maximum atomic E-state index is 12.9. The average molecular weight is 567 g/mol. The summed E-state index contributed by atoms with van der Waals surface area (Å²) in [4.78, 5) is 25.9. The number of benzene rings is 2. The summed E-state index contributed by atoms with van der Waals surface area (Å²) in [5.74, 6) is 1.46. The highest BCUT2D eigenvalue weighted by Crippen LogP contribution is 2.39. The van der Waals surface area contributed by atoms with Crippen LogP contribution < -0.4 is 20.3 Å². The lowest BCUT2D eigenvalue weighted by molar-refractivity contribution is -0.119. The van der Waals surface area contributed by atoms with Gasteiger partial charge in [0.1, 0.15) is 5.75 Å². The zero-order chi connectivity index (χ0) is 27.7. The maximum Gasteiger partial charge on any atom is 0.241 e. The molecule has 2 aromatic heterocycles. The molecule has 12 heteroatoms. The van der Waals surface area contributed by atoms with Crippen LogP contribution in [0.5, 0.6) is 5.75 Å². The number of sulfone groups is 1. The number of aromatic nitrogens is 2. The fourth-order valence-corrected chi connectivity index (χ4v) is 6.19. The summed E-state index contributed by atoms with van der Waals surface area (Å²) < 4.78 is 30.5. The van der Waals surface area contributed by atoms with E-state index in [9.17, 15) is 13.2 Å². The van der Waals surface area contributed by atoms with Gasteiger partial charge in [0.05, 0.1) is 35.3 Å². The molecule has 10 nitrogen and oxygen atoms in total. The summed E-state index contributed by atoms with van der Waals surface area (Å²) in [7, 11) is 2.12. The van der Waals surface area contributed by atoms with Gasteiger partial charge in [-0.25, -0.2) is 13.4 Å². The van der Waals surface area contributed by atoms with E-state index in [2.05, 4.69) is 15.6 Å². The summed E-state index contributed by atoms with van der Waals surface area (Å²) >= 11 is 1.49. The summed E-state index contributed by atoms with van der Waals surface area (Å²) in [5, 5.41) is 8.55. The van der Waals surface area contributed by atoms with Crippen LogP contribution in [0.3, 0.4) is 0 Å². The van der Waals surface area contributed by atoms with Gasteiger partial charge >= 0.3 is 0 Å². The molecular formula is C27H30N6O4S2. The quantitative estimate of drug-likeness (QED) is 0.308. The number of nitrogens with one attached hydrogen (secondary N) is 2. The number of thiophene rings is 1. The maximum absolute atomic E-state index is 12.9. The molecule has 4 aromatic rings. The fraction of sp³-hybridized carbons (Fsp3) is 0.296. The number of carbonyl (C=O) groups is 1. The number of fused-ring (bicyclic) bond motifs is 2. The van der Waals surface area contributed by atoms with Gasteiger partial charge in [-0.1, -0.05) is 18.2 Å². The summed E-state index contributed by atoms with van der Waals surface area (Å²) in [6.45, 7) is 0.939. The van der Waals surface area contributed by atoms with Crippen LogP contribution in [0.2, 0.25) is 0 Å². The topological polar surface area (TPSA) is 117 Å². The molecule has 2 aromatic carbocycles. The van der Waals surface area contributed by atoms with Crippen molar-refractivity contribution in [2.24, 2.45) is 0 Å². The lowest BCUT2D eigenvalue weighted by Gasteiger charge is -2.21. The van der Waals surface area contributed by atoms with Crippen LogP contribution in [-0.2, 0) is 26.8 Å². The van der Waals surface area contributed by atoms with Crippen molar-refractivity contribution in [3.8, 4) is 5.75 Å². The van der Waals surface area contributed by atoms with E-state index in [0.29, 0.717) is 47.5 Å². The van der Waals surface area contributed by atoms with Crippen LogP contribution in [0.4, 0.5) is 28.8 Å². The molecule has 3 heterocycles. The Kier molecular flexibility index (Phi) is 7.43. The average Bonchev–Trinajstić information content (AvgIpc) is 3.50. The van der Waals surface area contributed by atoms with Crippen LogP contribution in [0.15, 0.2) is 47.8 Å². The van der Waals surface area contributed by atoms with Gasteiger partial charge in [-0.2, -0.15) is 4.98 Å². The van der Waals surface area contributed by atoms with Gasteiger partial charge in [0, 0.05) is 24.2 Å². The molecule has 0 bridgehead atoms. The second kappa shape index (κ2) is 10.8. The minimum absolute atomic E-state index is 0.0325. The third-order valence-corrected chi connectivity index (χ3v) is 8.03. The third-order valence-electron chi connectivity index (χ3n) is 6.29. The predicted molar refractivity (Wildman–Crippen MR) is 157 cm³/mol. The summed E-state index contributed by atoms with van der Waals surface area (Å²) in [6, 6.07) is 13.0. The van der Waals surface area contributed by atoms with Gasteiger partial charge in [0.15, 0.2) is 15.7 Å². The second-order valence-electron chi connectivity index (χ2n) is 9.72. The van der Waals surface area contributed by atoms with Crippen LogP contribution in [0, 0.1) is 0 Å². The highest BCUT2D eigenvalue weighted by Gasteiger charge is 2.27. The van der Waals surface area contributed by atoms with Gasteiger partial charge in [-0.05, 0) is 61.3 Å². The third kappa shape index (κ3) is 5.97. The number of nitrogens with zero attached hydrogens (tertiary/aromatic N) is 4. The minimum atomic E-state index is -3.23. The lowest BCUT2D eigenvalue weighted by Crippen LogP contribution is -2.36. The number of hydrogen-bond acceptors (Lipinski definition) is 10. The van der Waals surface area contributed by atoms with Crippen molar-refractivity contribution in [1.29, 1.82) is 0 Å². The van der Waals surface area contributed by atoms with Crippen LogP contribution in [0.1, 0.15) is 11.1 Å². The minimum Gasteiger partial charge on any atom is -0.495 e. The molecule has 1 amide bonds. The molecule has 0 spiro atoms. The molecule has 0 unspecified atom stereocenters. The highest BCUT2D eigenvalue weighted by molar-refractivity contribution is 7.89. The number of anilines is 5. The molecule has 0 saturated heterocycles. The van der Waals surface area contributed by atoms with Crippen molar-refractivity contribution in [2.75, 3.05) is 56.1 Å². The standard InChI is InChI=1S/C27H30N6O4S2/c1-32(2)15-24(34)33-11-9-17-13-23(37-3)21(14-22(17)33)30-27-29-20-10-12-38-25(20)26(31-27)28-19-8-6-5-7-18(19)16-39(4,35)36/h5-8,10,12-14H,9,11,15-16H2,1-4H3,(H2,28,29,30,31). The van der Waals surface area contributed by atoms with E-state index in [4.69, 9.17) is 9.72 Å². The fourth-order valence-electron chi connectivity index (χ4n) is 4.60. The molecule has 0 radical (unpaired) electrons. The van der Waals surface area contributed by atoms with E-state index in [-0.39, 0.29) is 11.7 Å². The van der Waals surface area contributed by atoms with Crippen molar-refractivity contribution in [2.45, 2.75) is 12.2 Å². The molecule has 0 aliphatic carbocycles. The zero-order valence-corrected chi connectivity index (χ0v) is 23.8. The van der Waals surface area contributed by atoms with E-state index >= 15 is 0 Å². The number of hydrogen-bond donors (Lipinski definition) is 2. The van der Waals surface area contributed by atoms with Crippen molar-refractivity contribution in [3.63, 3.8) is 0 Å². The van der Waals surface area contributed by atoms with E-state index in [0.717, 1.165) is 27.9 Å². The first-order valence-electron chi connectivity index (χ1n) is 12.3. The molecule has 5 rings (SSSR count). The molecule has 1 aliphatic rings. The van der Waals surface area contributed by atoms with E-state index in [1.807, 2.05) is 60.8 Å². The number of methoxy groups -OCH3 is 1. The molecular weight excluding hydrogens is 536 g/mol. The van der Waals surface area contributed by atoms with E-state index in [1.165, 1.54) is 17.6 Å². The Balaban J connectivity index is 1.50. The summed E-state index contributed by atoms with van der Waals surface area (Å²) in [6.07, 6.45) is 1.97. The number of ether oxygens (including phenoxy) is 1. The van der Waals surface area contributed by atoms with E-state index in [1.54, 1.807) is 18.1 Å². The Morgan fingerprint density at radius 3 is 2.67 bits per heavy atom. The smallest absolute Gasteiger partial charge is 0.241 e. The normalized spacial score (nSPS) is 13.1. The Morgan fingerprint density at radius 2 is 1.92 bits per heavy atom. The van der Waals surface area contributed by atoms with Gasteiger partial charge in [0.2, 0.25) is 11.9 Å². The van der Waals surface area contributed by atoms with Crippen molar-refractivity contribution in [3.05, 3.63) is 59.0 Å². The van der Waals surface area contributed by atoms with Gasteiger partial charge < -0.3 is 25.2 Å². The van der Waals surface area contributed by atoms with Crippen LogP contribution in [-0.4, -0.2) is 69.7 Å². The Morgan fingerprint density at radius 1 is 1.13 bits per heavy atom. The Hall–Kier alpha value is -3.74. The van der Waals surface area contributed by atoms with Gasteiger partial charge in [-0.15, -0.1) is 11.3 Å². The number of amides is 1. The molecule has 1 aliphatic heterocycles. The van der Waals surface area contributed by atoms with Crippen LogP contribution >= 0.6 is 11.3 Å². The SMILES string of the molecule is COc1cc2c(cc1Nc1nc(Nc3ccccc3CS(C)(=O)=O)c3sccc3n1)N(C(=O)CN(C)C)CC2. The largest absolute Gasteiger partial charge is 0.495 e. The molecule has 2 N–H and O–H groups in total. The number of carbonyl (C=O) groups excluding carboxylic acids is 1. The lowest BCUT2D eigenvalue weighted by atomic mass is 10.1.